The van der Waals surface area contributed by atoms with Gasteiger partial charge in [-0.15, -0.1) is 0 Å². The van der Waals surface area contributed by atoms with Gasteiger partial charge in [0.1, 0.15) is 22.7 Å². The van der Waals surface area contributed by atoms with Crippen molar-refractivity contribution in [2.75, 3.05) is 0 Å². The van der Waals surface area contributed by atoms with Crippen molar-refractivity contribution >= 4 is 22.6 Å². The molecule has 0 aliphatic rings. The molecule has 1 unspecified atom stereocenters. The Morgan fingerprint density at radius 3 is 2.45 bits per heavy atom. The van der Waals surface area contributed by atoms with E-state index in [9.17, 15) is 10.2 Å². The first-order chi connectivity index (χ1) is 9.46. The Kier molecular flexibility index (Phi) is 2.96. The van der Waals surface area contributed by atoms with Gasteiger partial charge in [0.2, 0.25) is 0 Å². The van der Waals surface area contributed by atoms with Crippen molar-refractivity contribution < 1.29 is 14.6 Å². The molecule has 0 amide bonds. The molecule has 2 N–H and O–H groups in total. The van der Waals surface area contributed by atoms with Gasteiger partial charge in [-0.3, -0.25) is 0 Å². The molecule has 3 aromatic rings. The second-order valence-electron chi connectivity index (χ2n) is 4.91. The zero-order valence-electron chi connectivity index (χ0n) is 10.8. The fourth-order valence-corrected chi connectivity index (χ4v) is 2.36. The van der Waals surface area contributed by atoms with Crippen molar-refractivity contribution in [3.05, 3.63) is 64.9 Å². The molecule has 4 heteroatoms. The summed E-state index contributed by atoms with van der Waals surface area (Å²) in [5.41, 5.74) is 0.0306. The van der Waals surface area contributed by atoms with Crippen molar-refractivity contribution in [1.29, 1.82) is 0 Å². The minimum absolute atomic E-state index is 0.154. The number of fused-ring (bicyclic) bond motifs is 1. The van der Waals surface area contributed by atoms with E-state index in [-0.39, 0.29) is 5.75 Å². The van der Waals surface area contributed by atoms with Crippen LogP contribution in [0.15, 0.2) is 52.9 Å². The van der Waals surface area contributed by atoms with Crippen LogP contribution in [0.5, 0.6) is 5.75 Å². The Balaban J connectivity index is 2.10. The molecule has 20 heavy (non-hydrogen) atoms. The van der Waals surface area contributed by atoms with E-state index in [2.05, 4.69) is 0 Å². The third-order valence-corrected chi connectivity index (χ3v) is 3.62. The first-order valence-electron chi connectivity index (χ1n) is 6.18. The molecule has 3 nitrogen and oxygen atoms in total. The van der Waals surface area contributed by atoms with Gasteiger partial charge in [-0.1, -0.05) is 23.7 Å². The lowest BCUT2D eigenvalue weighted by Gasteiger charge is -2.21. The zero-order valence-corrected chi connectivity index (χ0v) is 11.6. The predicted octanol–water partition coefficient (Wildman–Crippen LogP) is 4.05. The highest BCUT2D eigenvalue weighted by Gasteiger charge is 2.29. The second kappa shape index (κ2) is 4.54. The molecular formula is C16H13ClO3. The Hall–Kier alpha value is -1.97. The topological polar surface area (TPSA) is 53.6 Å². The monoisotopic (exact) mass is 288 g/mol. The van der Waals surface area contributed by atoms with E-state index in [0.29, 0.717) is 21.9 Å². The maximum Gasteiger partial charge on any atom is 0.144 e. The van der Waals surface area contributed by atoms with Crippen molar-refractivity contribution in [3.8, 4) is 5.75 Å². The Bertz CT molecular complexity index is 757. The van der Waals surface area contributed by atoms with Crippen LogP contribution in [0, 0.1) is 0 Å². The summed E-state index contributed by atoms with van der Waals surface area (Å²) >= 11 is 5.94. The summed E-state index contributed by atoms with van der Waals surface area (Å²) in [4.78, 5) is 0. The molecular weight excluding hydrogens is 276 g/mol. The fourth-order valence-electron chi connectivity index (χ4n) is 2.18. The van der Waals surface area contributed by atoms with E-state index in [1.54, 1.807) is 43.3 Å². The van der Waals surface area contributed by atoms with Gasteiger partial charge in [-0.2, -0.15) is 0 Å². The summed E-state index contributed by atoms with van der Waals surface area (Å²) in [6.07, 6.45) is 0. The van der Waals surface area contributed by atoms with E-state index in [1.165, 1.54) is 12.1 Å². The number of rotatable bonds is 2. The van der Waals surface area contributed by atoms with E-state index in [0.717, 1.165) is 5.39 Å². The van der Waals surface area contributed by atoms with E-state index in [1.807, 2.05) is 0 Å². The average Bonchev–Trinajstić information content (AvgIpc) is 2.83. The molecule has 0 spiro atoms. The molecule has 0 saturated heterocycles. The molecule has 0 radical (unpaired) electrons. The maximum absolute atomic E-state index is 10.7. The lowest BCUT2D eigenvalue weighted by molar-refractivity contribution is 0.0786. The van der Waals surface area contributed by atoms with Gasteiger partial charge < -0.3 is 14.6 Å². The van der Waals surface area contributed by atoms with Crippen LogP contribution in [-0.2, 0) is 5.60 Å². The molecule has 1 aromatic heterocycles. The van der Waals surface area contributed by atoms with Crippen molar-refractivity contribution in [2.45, 2.75) is 12.5 Å². The molecule has 0 bridgehead atoms. The number of hydrogen-bond acceptors (Lipinski definition) is 3. The summed E-state index contributed by atoms with van der Waals surface area (Å²) < 4.78 is 5.70. The minimum Gasteiger partial charge on any atom is -0.508 e. The fraction of sp³-hybridized carbons (Fsp3) is 0.125. The van der Waals surface area contributed by atoms with E-state index in [4.69, 9.17) is 16.0 Å². The predicted molar refractivity (Wildman–Crippen MR) is 78.0 cm³/mol. The van der Waals surface area contributed by atoms with Crippen LogP contribution in [0.3, 0.4) is 0 Å². The lowest BCUT2D eigenvalue weighted by Crippen LogP contribution is -2.21. The molecule has 2 aromatic carbocycles. The van der Waals surface area contributed by atoms with E-state index >= 15 is 0 Å². The number of aromatic hydroxyl groups is 1. The van der Waals surface area contributed by atoms with Gasteiger partial charge in [0.15, 0.2) is 0 Å². The Labute approximate surface area is 121 Å². The molecule has 102 valence electrons. The number of aliphatic hydroxyl groups is 1. The van der Waals surface area contributed by atoms with Gasteiger partial charge in [-0.05, 0) is 48.9 Å². The molecule has 1 heterocycles. The molecule has 0 saturated carbocycles. The maximum atomic E-state index is 10.7. The lowest BCUT2D eigenvalue weighted by atomic mass is 9.93. The molecule has 0 aliphatic carbocycles. The second-order valence-corrected chi connectivity index (χ2v) is 5.35. The van der Waals surface area contributed by atoms with Crippen LogP contribution in [0.1, 0.15) is 18.2 Å². The van der Waals surface area contributed by atoms with Crippen LogP contribution in [0.4, 0.5) is 0 Å². The number of phenols is 1. The third-order valence-electron chi connectivity index (χ3n) is 3.39. The number of furan rings is 1. The molecule has 0 fully saturated rings. The molecule has 0 aliphatic heterocycles. The molecule has 3 rings (SSSR count). The number of phenolic OH excluding ortho intramolecular Hbond substituents is 1. The van der Waals surface area contributed by atoms with Gasteiger partial charge in [-0.25, -0.2) is 0 Å². The number of halogens is 1. The SMILES string of the molecule is CC(O)(c1ccc(O)cc1)c1cc2cc(Cl)ccc2o1. The van der Waals surface area contributed by atoms with Crippen LogP contribution in [0.25, 0.3) is 11.0 Å². The summed E-state index contributed by atoms with van der Waals surface area (Å²) in [6, 6.07) is 13.5. The smallest absolute Gasteiger partial charge is 0.144 e. The summed E-state index contributed by atoms with van der Waals surface area (Å²) in [6.45, 7) is 1.65. The van der Waals surface area contributed by atoms with Crippen molar-refractivity contribution in [2.24, 2.45) is 0 Å². The van der Waals surface area contributed by atoms with Gasteiger partial charge in [0, 0.05) is 10.4 Å². The largest absolute Gasteiger partial charge is 0.508 e. The number of benzene rings is 2. The minimum atomic E-state index is -1.28. The van der Waals surface area contributed by atoms with Gasteiger partial charge >= 0.3 is 0 Å². The van der Waals surface area contributed by atoms with Crippen LogP contribution >= 0.6 is 11.6 Å². The highest BCUT2D eigenvalue weighted by atomic mass is 35.5. The first-order valence-corrected chi connectivity index (χ1v) is 6.56. The Morgan fingerprint density at radius 2 is 1.75 bits per heavy atom. The summed E-state index contributed by atoms with van der Waals surface area (Å²) in [7, 11) is 0. The first kappa shape index (κ1) is 13.0. The highest BCUT2D eigenvalue weighted by molar-refractivity contribution is 6.31. The normalized spacial score (nSPS) is 14.3. The Morgan fingerprint density at radius 1 is 1.05 bits per heavy atom. The summed E-state index contributed by atoms with van der Waals surface area (Å²) in [5, 5.41) is 21.5. The average molecular weight is 289 g/mol. The third kappa shape index (κ3) is 2.15. The summed E-state index contributed by atoms with van der Waals surface area (Å²) in [5.74, 6) is 0.585. The zero-order chi connectivity index (χ0) is 14.3. The van der Waals surface area contributed by atoms with Gasteiger partial charge in [0.25, 0.3) is 0 Å². The van der Waals surface area contributed by atoms with Crippen LogP contribution in [-0.4, -0.2) is 10.2 Å². The quantitative estimate of drug-likeness (QED) is 0.748. The van der Waals surface area contributed by atoms with E-state index < -0.39 is 5.60 Å². The number of hydrogen-bond donors (Lipinski definition) is 2. The van der Waals surface area contributed by atoms with Crippen molar-refractivity contribution in [3.63, 3.8) is 0 Å². The van der Waals surface area contributed by atoms with Gasteiger partial charge in [0.05, 0.1) is 0 Å². The van der Waals surface area contributed by atoms with Crippen LogP contribution < -0.4 is 0 Å². The molecule has 1 atom stereocenters. The highest BCUT2D eigenvalue weighted by Crippen LogP contribution is 2.34. The van der Waals surface area contributed by atoms with Crippen LogP contribution in [0.2, 0.25) is 5.02 Å². The van der Waals surface area contributed by atoms with Crippen molar-refractivity contribution in [1.82, 2.24) is 0 Å². The standard InChI is InChI=1S/C16H13ClO3/c1-16(19,11-2-5-13(18)6-3-11)15-9-10-8-12(17)4-7-14(10)20-15/h2-9,18-19H,1H3.